The van der Waals surface area contributed by atoms with E-state index in [-0.39, 0.29) is 35.2 Å². The van der Waals surface area contributed by atoms with Gasteiger partial charge in [0, 0.05) is 55.4 Å². The molecule has 2 aliphatic rings. The normalized spacial score (nSPS) is 22.0. The summed E-state index contributed by atoms with van der Waals surface area (Å²) in [6.45, 7) is 16.9. The standard InChI is InChI=1S/C37H53N2O5/c1-11-12-13-14-19-22-27-42-39-35(4,5)28-30(29-36(39,6)7)43-32(40)23-20-17-15-16-18-21-24-33(41)44-31-25-26-34(2,3)38(10)37(31,8)9/h1,25,30-31H,15-18,20-21,23-24,26,28-29H2,2-10H3. The van der Waals surface area contributed by atoms with Crippen LogP contribution in [0.25, 0.3) is 0 Å². The summed E-state index contributed by atoms with van der Waals surface area (Å²) in [4.78, 5) is 33.2. The highest BCUT2D eigenvalue weighted by atomic mass is 16.7. The third kappa shape index (κ3) is 11.1. The van der Waals surface area contributed by atoms with Crippen molar-refractivity contribution in [2.24, 2.45) is 0 Å². The van der Waals surface area contributed by atoms with E-state index in [2.05, 4.69) is 115 Å². The minimum atomic E-state index is -0.400. The molecule has 241 valence electrons. The van der Waals surface area contributed by atoms with Gasteiger partial charge >= 0.3 is 11.9 Å². The second-order valence-electron chi connectivity index (χ2n) is 14.4. The Kier molecular flexibility index (Phi) is 13.7. The molecule has 2 heterocycles. The lowest BCUT2D eigenvalue weighted by Crippen LogP contribution is -2.63. The van der Waals surface area contributed by atoms with Crippen LogP contribution in [0, 0.1) is 54.5 Å². The van der Waals surface area contributed by atoms with E-state index in [1.807, 2.05) is 5.06 Å². The summed E-state index contributed by atoms with van der Waals surface area (Å²) < 4.78 is 11.7. The molecular weight excluding hydrogens is 552 g/mol. The Labute approximate surface area is 267 Å². The number of hydrogen-bond acceptors (Lipinski definition) is 7. The van der Waals surface area contributed by atoms with Crippen molar-refractivity contribution in [1.82, 2.24) is 9.96 Å². The number of carbonyl (C=O) groups excluding carboxylic acids is 2. The van der Waals surface area contributed by atoms with Crippen molar-refractivity contribution < 1.29 is 23.9 Å². The van der Waals surface area contributed by atoms with Crippen LogP contribution in [0.5, 0.6) is 0 Å². The maximum Gasteiger partial charge on any atom is 0.306 e. The fourth-order valence-electron chi connectivity index (χ4n) is 6.40. The van der Waals surface area contributed by atoms with Crippen molar-refractivity contribution in [3.63, 3.8) is 0 Å². The number of rotatable bonds is 12. The molecule has 44 heavy (non-hydrogen) atoms. The van der Waals surface area contributed by atoms with E-state index in [9.17, 15) is 9.59 Å². The highest BCUT2D eigenvalue weighted by molar-refractivity contribution is 5.70. The van der Waals surface area contributed by atoms with Crippen LogP contribution in [0.1, 0.15) is 126 Å². The number of likely N-dealkylation sites (tertiary alicyclic amines) is 1. The van der Waals surface area contributed by atoms with Gasteiger partial charge in [-0.2, -0.15) is 0 Å². The molecule has 0 N–H and O–H groups in total. The number of terminal acetylenes is 1. The highest BCUT2D eigenvalue weighted by Crippen LogP contribution is 2.40. The van der Waals surface area contributed by atoms with Gasteiger partial charge in [0.05, 0.1) is 16.6 Å². The van der Waals surface area contributed by atoms with Gasteiger partial charge in [-0.05, 0) is 99.5 Å². The minimum absolute atomic E-state index is 0.0523. The molecule has 0 aromatic heterocycles. The predicted octanol–water partition coefficient (Wildman–Crippen LogP) is 6.21. The number of likely N-dealkylation sites (N-methyl/N-ethyl adjacent to an activating group) is 1. The van der Waals surface area contributed by atoms with E-state index >= 15 is 0 Å². The number of ether oxygens (including phenoxy) is 2. The lowest BCUT2D eigenvalue weighted by Gasteiger charge is -2.53. The van der Waals surface area contributed by atoms with Crippen LogP contribution >= 0.6 is 0 Å². The third-order valence-electron chi connectivity index (χ3n) is 8.93. The third-order valence-corrected chi connectivity index (χ3v) is 8.93. The number of piperidine rings is 2. The molecule has 7 heteroatoms. The van der Waals surface area contributed by atoms with Gasteiger partial charge in [-0.15, -0.1) is 11.5 Å². The summed E-state index contributed by atoms with van der Waals surface area (Å²) in [5.41, 5.74) is -0.983. The molecule has 0 aromatic carbocycles. The van der Waals surface area contributed by atoms with Crippen LogP contribution in [-0.2, 0) is 23.9 Å². The number of nitrogens with zero attached hydrogens (tertiary/aromatic N) is 2. The summed E-state index contributed by atoms with van der Waals surface area (Å²) in [5.74, 6) is 14.6. The Balaban J connectivity index is 1.63. The lowest BCUT2D eigenvalue weighted by atomic mass is 9.78. The number of hydrogen-bond donors (Lipinski definition) is 0. The predicted molar refractivity (Wildman–Crippen MR) is 174 cm³/mol. The van der Waals surface area contributed by atoms with Crippen LogP contribution in [0.4, 0.5) is 0 Å². The first kappa shape index (κ1) is 37.1. The zero-order valence-corrected chi connectivity index (χ0v) is 28.5. The van der Waals surface area contributed by atoms with Crippen LogP contribution < -0.4 is 0 Å². The molecule has 1 unspecified atom stereocenters. The van der Waals surface area contributed by atoms with E-state index in [0.717, 1.165) is 44.9 Å². The van der Waals surface area contributed by atoms with Gasteiger partial charge in [0.1, 0.15) is 12.2 Å². The molecule has 0 aromatic rings. The van der Waals surface area contributed by atoms with Crippen molar-refractivity contribution in [1.29, 1.82) is 0 Å². The molecule has 1 radical (unpaired) electrons. The molecule has 0 saturated carbocycles. The van der Waals surface area contributed by atoms with Gasteiger partial charge in [-0.1, -0.05) is 25.7 Å². The van der Waals surface area contributed by atoms with E-state index in [4.69, 9.17) is 20.7 Å². The Morgan fingerprint density at radius 1 is 0.750 bits per heavy atom. The van der Waals surface area contributed by atoms with Crippen molar-refractivity contribution in [2.45, 2.75) is 160 Å². The number of unbranched alkanes of at least 4 members (excludes halogenated alkanes) is 5. The molecule has 0 bridgehead atoms. The van der Waals surface area contributed by atoms with Gasteiger partial charge in [-0.3, -0.25) is 14.5 Å². The fraction of sp³-hybridized carbons (Fsp3) is 0.703. The van der Waals surface area contributed by atoms with E-state index < -0.39 is 11.1 Å². The van der Waals surface area contributed by atoms with Gasteiger partial charge in [0.15, 0.2) is 6.11 Å². The largest absolute Gasteiger partial charge is 0.462 e. The first-order chi connectivity index (χ1) is 20.5. The van der Waals surface area contributed by atoms with Crippen molar-refractivity contribution in [3.05, 3.63) is 6.42 Å². The summed E-state index contributed by atoms with van der Waals surface area (Å²) in [6.07, 6.45) is 18.1. The molecule has 0 spiro atoms. The number of hydroxylamine groups is 2. The zero-order chi connectivity index (χ0) is 33.0. The monoisotopic (exact) mass is 605 g/mol. The molecule has 2 aliphatic heterocycles. The quantitative estimate of drug-likeness (QED) is 0.149. The number of esters is 2. The highest BCUT2D eigenvalue weighted by Gasteiger charge is 2.49. The molecule has 2 fully saturated rings. The first-order valence-corrected chi connectivity index (χ1v) is 15.9. The fourth-order valence-corrected chi connectivity index (χ4v) is 6.40. The topological polar surface area (TPSA) is 68.3 Å². The first-order valence-electron chi connectivity index (χ1n) is 15.9. The second-order valence-corrected chi connectivity index (χ2v) is 14.4. The van der Waals surface area contributed by atoms with Crippen LogP contribution in [0.2, 0.25) is 0 Å². The van der Waals surface area contributed by atoms with E-state index in [0.29, 0.717) is 25.7 Å². The molecule has 1 atom stereocenters. The molecule has 0 amide bonds. The smallest absolute Gasteiger partial charge is 0.306 e. The zero-order valence-electron chi connectivity index (χ0n) is 28.5. The molecule has 2 rings (SSSR count). The van der Waals surface area contributed by atoms with Gasteiger partial charge < -0.3 is 14.3 Å². The average Bonchev–Trinajstić information content (AvgIpc) is 2.91. The lowest BCUT2D eigenvalue weighted by molar-refractivity contribution is -0.255. The van der Waals surface area contributed by atoms with E-state index in [1.165, 1.54) is 0 Å². The Morgan fingerprint density at radius 2 is 1.25 bits per heavy atom. The van der Waals surface area contributed by atoms with Crippen LogP contribution in [0.3, 0.4) is 0 Å². The van der Waals surface area contributed by atoms with Crippen molar-refractivity contribution in [3.8, 4) is 48.1 Å². The SMILES string of the molecule is C#CC#CC#CC#CON1C(C)(C)CC(OC(=O)CCCCCCCCC(=O)OC2[CH]CC(C)(C)N(C)C2(C)C)CC1(C)C. The molecule has 7 nitrogen and oxygen atoms in total. The Bertz CT molecular complexity index is 1200. The Morgan fingerprint density at radius 3 is 1.82 bits per heavy atom. The molecular formula is C37H53N2O5. The summed E-state index contributed by atoms with van der Waals surface area (Å²) >= 11 is 0. The maximum absolute atomic E-state index is 12.6. The van der Waals surface area contributed by atoms with Gasteiger partial charge in [0.25, 0.3) is 0 Å². The van der Waals surface area contributed by atoms with Gasteiger partial charge in [-0.25, -0.2) is 0 Å². The van der Waals surface area contributed by atoms with Crippen molar-refractivity contribution in [2.75, 3.05) is 7.05 Å². The summed E-state index contributed by atoms with van der Waals surface area (Å²) in [7, 11) is 2.10. The maximum atomic E-state index is 12.6. The summed E-state index contributed by atoms with van der Waals surface area (Å²) in [5, 5.41) is 1.86. The molecule has 0 aliphatic carbocycles. The van der Waals surface area contributed by atoms with Gasteiger partial charge in [0.2, 0.25) is 0 Å². The Hall–Kier alpha value is -3.10. The van der Waals surface area contributed by atoms with Crippen LogP contribution in [-0.4, -0.2) is 63.3 Å². The van der Waals surface area contributed by atoms with E-state index in [1.54, 1.807) is 0 Å². The second kappa shape index (κ2) is 16.3. The van der Waals surface area contributed by atoms with Crippen LogP contribution in [0.15, 0.2) is 0 Å². The number of carbonyl (C=O) groups is 2. The minimum Gasteiger partial charge on any atom is -0.462 e. The molecule has 2 saturated heterocycles. The van der Waals surface area contributed by atoms with Crippen molar-refractivity contribution >= 4 is 11.9 Å². The average molecular weight is 606 g/mol. The summed E-state index contributed by atoms with van der Waals surface area (Å²) in [6, 6.07) is 0.